The summed E-state index contributed by atoms with van der Waals surface area (Å²) in [6, 6.07) is 2.02. The van der Waals surface area contributed by atoms with Gasteiger partial charge >= 0.3 is 0 Å². The van der Waals surface area contributed by atoms with Crippen LogP contribution in [0.5, 0.6) is 0 Å². The van der Waals surface area contributed by atoms with Gasteiger partial charge in [0.2, 0.25) is 0 Å². The van der Waals surface area contributed by atoms with E-state index in [1.165, 1.54) is 0 Å². The predicted octanol–water partition coefficient (Wildman–Crippen LogP) is 1.47. The molecule has 14 heavy (non-hydrogen) atoms. The van der Waals surface area contributed by atoms with Crippen molar-refractivity contribution in [3.8, 4) is 6.07 Å². The summed E-state index contributed by atoms with van der Waals surface area (Å²) in [5.41, 5.74) is 0.356. The molecule has 2 rings (SSSR count). The molecule has 0 bridgehead atoms. The van der Waals surface area contributed by atoms with E-state index in [0.717, 1.165) is 38.8 Å². The van der Waals surface area contributed by atoms with E-state index in [1.54, 1.807) is 4.90 Å². The van der Waals surface area contributed by atoms with Crippen molar-refractivity contribution in [3.05, 3.63) is 11.6 Å². The summed E-state index contributed by atoms with van der Waals surface area (Å²) < 4.78 is 0. The minimum absolute atomic E-state index is 0.0584. The van der Waals surface area contributed by atoms with Crippen molar-refractivity contribution in [3.63, 3.8) is 0 Å². The number of hydrogen-bond donors (Lipinski definition) is 0. The van der Waals surface area contributed by atoms with E-state index in [-0.39, 0.29) is 5.91 Å². The van der Waals surface area contributed by atoms with Crippen LogP contribution in [0.3, 0.4) is 0 Å². The molecule has 0 unspecified atom stereocenters. The number of allylic oxidation sites excluding steroid dienone is 1. The maximum atomic E-state index is 11.8. The lowest BCUT2D eigenvalue weighted by molar-refractivity contribution is -0.125. The van der Waals surface area contributed by atoms with Gasteiger partial charge in [-0.25, -0.2) is 0 Å². The summed E-state index contributed by atoms with van der Waals surface area (Å²) in [5.74, 6) is 0.438. The molecule has 1 heterocycles. The van der Waals surface area contributed by atoms with Crippen molar-refractivity contribution in [2.75, 3.05) is 13.1 Å². The molecule has 2 fully saturated rings. The van der Waals surface area contributed by atoms with Gasteiger partial charge in [-0.3, -0.25) is 4.79 Å². The minimum atomic E-state index is -0.0584. The van der Waals surface area contributed by atoms with E-state index in [4.69, 9.17) is 5.26 Å². The summed E-state index contributed by atoms with van der Waals surface area (Å²) >= 11 is 0. The van der Waals surface area contributed by atoms with Gasteiger partial charge in [-0.1, -0.05) is 6.08 Å². The highest BCUT2D eigenvalue weighted by atomic mass is 16.2. The zero-order valence-electron chi connectivity index (χ0n) is 8.20. The Hall–Kier alpha value is -1.30. The van der Waals surface area contributed by atoms with Crippen molar-refractivity contribution in [1.29, 1.82) is 5.26 Å². The Bertz CT molecular complexity index is 304. The van der Waals surface area contributed by atoms with E-state index in [9.17, 15) is 4.79 Å². The second kappa shape index (κ2) is 3.83. The molecule has 0 atom stereocenters. The number of amides is 1. The summed E-state index contributed by atoms with van der Waals surface area (Å²) in [4.78, 5) is 13.6. The van der Waals surface area contributed by atoms with Gasteiger partial charge in [-0.05, 0) is 31.6 Å². The van der Waals surface area contributed by atoms with Crippen LogP contribution >= 0.6 is 0 Å². The first kappa shape index (κ1) is 9.26. The zero-order valence-corrected chi connectivity index (χ0v) is 8.20. The molecule has 0 aromatic carbocycles. The van der Waals surface area contributed by atoms with Crippen molar-refractivity contribution < 1.29 is 4.79 Å². The molecule has 1 saturated heterocycles. The molecule has 1 aliphatic heterocycles. The summed E-state index contributed by atoms with van der Waals surface area (Å²) in [6.07, 6.45) is 6.28. The predicted molar refractivity (Wildman–Crippen MR) is 52.2 cm³/mol. The van der Waals surface area contributed by atoms with Gasteiger partial charge in [0.15, 0.2) is 0 Å². The van der Waals surface area contributed by atoms with Gasteiger partial charge in [0.1, 0.15) is 11.6 Å². The third kappa shape index (κ3) is 1.95. The van der Waals surface area contributed by atoms with E-state index < -0.39 is 0 Å². The minimum Gasteiger partial charge on any atom is -0.338 e. The van der Waals surface area contributed by atoms with Crippen LogP contribution in [0, 0.1) is 17.2 Å². The lowest BCUT2D eigenvalue weighted by Crippen LogP contribution is -2.28. The van der Waals surface area contributed by atoms with Crippen LogP contribution in [0.1, 0.15) is 25.7 Å². The highest BCUT2D eigenvalue weighted by Gasteiger charge is 2.25. The van der Waals surface area contributed by atoms with Gasteiger partial charge in [0, 0.05) is 13.1 Å². The molecule has 2 aliphatic rings. The molecule has 74 valence electrons. The highest BCUT2D eigenvalue weighted by molar-refractivity contribution is 5.97. The second-order valence-electron chi connectivity index (χ2n) is 4.03. The second-order valence-corrected chi connectivity index (χ2v) is 4.03. The van der Waals surface area contributed by atoms with Gasteiger partial charge < -0.3 is 4.90 Å². The fraction of sp³-hybridized carbons (Fsp3) is 0.636. The number of nitrogens with zero attached hydrogens (tertiary/aromatic N) is 2. The molecule has 0 aromatic heterocycles. The van der Waals surface area contributed by atoms with Crippen LogP contribution in [0.15, 0.2) is 11.6 Å². The number of carbonyl (C=O) groups excluding carboxylic acids is 1. The van der Waals surface area contributed by atoms with Crippen LogP contribution in [0.25, 0.3) is 0 Å². The molecule has 1 aliphatic carbocycles. The zero-order chi connectivity index (χ0) is 9.97. The molecular weight excluding hydrogens is 176 g/mol. The SMILES string of the molecule is N#C/C(=C/C1CC1)C(=O)N1CCCC1. The number of likely N-dealkylation sites (tertiary alicyclic amines) is 1. The van der Waals surface area contributed by atoms with E-state index in [0.29, 0.717) is 11.5 Å². The topological polar surface area (TPSA) is 44.1 Å². The maximum Gasteiger partial charge on any atom is 0.264 e. The Morgan fingerprint density at radius 2 is 2.00 bits per heavy atom. The number of nitriles is 1. The number of rotatable bonds is 2. The molecule has 0 aromatic rings. The monoisotopic (exact) mass is 190 g/mol. The largest absolute Gasteiger partial charge is 0.338 e. The first-order valence-corrected chi connectivity index (χ1v) is 5.22. The Morgan fingerprint density at radius 1 is 1.36 bits per heavy atom. The average Bonchev–Trinajstić information content (AvgIpc) is 2.84. The fourth-order valence-electron chi connectivity index (χ4n) is 1.75. The quantitative estimate of drug-likeness (QED) is 0.489. The third-order valence-corrected chi connectivity index (χ3v) is 2.77. The number of hydrogen-bond acceptors (Lipinski definition) is 2. The van der Waals surface area contributed by atoms with E-state index in [1.807, 2.05) is 12.1 Å². The first-order chi connectivity index (χ1) is 6.81. The lowest BCUT2D eigenvalue weighted by atomic mass is 10.2. The molecule has 0 spiro atoms. The Labute approximate surface area is 84.0 Å². The molecule has 1 amide bonds. The normalized spacial score (nSPS) is 22.2. The smallest absolute Gasteiger partial charge is 0.264 e. The summed E-state index contributed by atoms with van der Waals surface area (Å²) in [6.45, 7) is 1.64. The van der Waals surface area contributed by atoms with Crippen molar-refractivity contribution >= 4 is 5.91 Å². The van der Waals surface area contributed by atoms with Crippen LogP contribution in [-0.4, -0.2) is 23.9 Å². The van der Waals surface area contributed by atoms with Crippen molar-refractivity contribution in [2.24, 2.45) is 5.92 Å². The van der Waals surface area contributed by atoms with Gasteiger partial charge in [0.25, 0.3) is 5.91 Å². The van der Waals surface area contributed by atoms with Gasteiger partial charge in [-0.2, -0.15) is 5.26 Å². The fourth-order valence-corrected chi connectivity index (χ4v) is 1.75. The van der Waals surface area contributed by atoms with Crippen LogP contribution in [0.2, 0.25) is 0 Å². The van der Waals surface area contributed by atoms with Crippen LogP contribution in [-0.2, 0) is 4.79 Å². The highest BCUT2D eigenvalue weighted by Crippen LogP contribution is 2.31. The molecule has 0 radical (unpaired) electrons. The molecule has 0 N–H and O–H groups in total. The molecular formula is C11H14N2O. The van der Waals surface area contributed by atoms with E-state index >= 15 is 0 Å². The maximum absolute atomic E-state index is 11.8. The van der Waals surface area contributed by atoms with Crippen molar-refractivity contribution in [2.45, 2.75) is 25.7 Å². The van der Waals surface area contributed by atoms with E-state index in [2.05, 4.69) is 0 Å². The van der Waals surface area contributed by atoms with Crippen LogP contribution < -0.4 is 0 Å². The average molecular weight is 190 g/mol. The van der Waals surface area contributed by atoms with Crippen molar-refractivity contribution in [1.82, 2.24) is 4.90 Å². The van der Waals surface area contributed by atoms with Crippen LogP contribution in [0.4, 0.5) is 0 Å². The molecule has 3 heteroatoms. The Morgan fingerprint density at radius 3 is 2.50 bits per heavy atom. The van der Waals surface area contributed by atoms with Gasteiger partial charge in [-0.15, -0.1) is 0 Å². The lowest BCUT2D eigenvalue weighted by Gasteiger charge is -2.13. The summed E-state index contributed by atoms with van der Waals surface area (Å²) in [5, 5.41) is 8.87. The number of carbonyl (C=O) groups is 1. The van der Waals surface area contributed by atoms with Gasteiger partial charge in [0.05, 0.1) is 0 Å². The Kier molecular flexibility index (Phi) is 2.53. The first-order valence-electron chi connectivity index (χ1n) is 5.22. The summed E-state index contributed by atoms with van der Waals surface area (Å²) in [7, 11) is 0. The standard InChI is InChI=1S/C11H14N2O/c12-8-10(7-9-3-4-9)11(14)13-5-1-2-6-13/h7,9H,1-6H2/b10-7-. The molecule has 1 saturated carbocycles. The molecule has 3 nitrogen and oxygen atoms in total. The Balaban J connectivity index is 2.03. The third-order valence-electron chi connectivity index (χ3n) is 2.77.